The third-order valence-electron chi connectivity index (χ3n) is 3.94. The molecule has 0 heterocycles. The Morgan fingerprint density at radius 3 is 2.44 bits per heavy atom. The van der Waals surface area contributed by atoms with E-state index in [-0.39, 0.29) is 16.9 Å². The van der Waals surface area contributed by atoms with Gasteiger partial charge in [0.2, 0.25) is 0 Å². The lowest BCUT2D eigenvalue weighted by Crippen LogP contribution is -2.35. The van der Waals surface area contributed by atoms with Gasteiger partial charge in [0.15, 0.2) is 6.10 Å². The number of esters is 1. The van der Waals surface area contributed by atoms with E-state index in [2.05, 4.69) is 10.6 Å². The number of nitro groups is 1. The van der Waals surface area contributed by atoms with Gasteiger partial charge in [0.1, 0.15) is 5.69 Å². The fourth-order valence-electron chi connectivity index (χ4n) is 2.34. The summed E-state index contributed by atoms with van der Waals surface area (Å²) >= 11 is 0. The molecule has 2 aromatic carbocycles. The number of anilines is 1. The van der Waals surface area contributed by atoms with Crippen molar-refractivity contribution in [2.75, 3.05) is 12.4 Å². The predicted octanol–water partition coefficient (Wildman–Crippen LogP) is 2.81. The maximum absolute atomic E-state index is 12.2. The summed E-state index contributed by atoms with van der Waals surface area (Å²) in [7, 11) is 1.54. The van der Waals surface area contributed by atoms with E-state index in [9.17, 15) is 19.7 Å². The van der Waals surface area contributed by atoms with Crippen molar-refractivity contribution in [3.05, 3.63) is 69.3 Å². The molecule has 0 aromatic heterocycles. The minimum Gasteiger partial charge on any atom is -0.449 e. The van der Waals surface area contributed by atoms with Crippen molar-refractivity contribution in [2.24, 2.45) is 0 Å². The molecule has 1 amide bonds. The normalized spacial score (nSPS) is 11.4. The largest absolute Gasteiger partial charge is 0.449 e. The van der Waals surface area contributed by atoms with Crippen molar-refractivity contribution in [3.8, 4) is 0 Å². The van der Waals surface area contributed by atoms with Gasteiger partial charge in [-0.05, 0) is 31.5 Å². The minimum atomic E-state index is -1.04. The van der Waals surface area contributed by atoms with Crippen molar-refractivity contribution >= 4 is 23.3 Å². The van der Waals surface area contributed by atoms with Gasteiger partial charge in [-0.25, -0.2) is 4.79 Å². The van der Waals surface area contributed by atoms with Gasteiger partial charge >= 0.3 is 5.97 Å². The van der Waals surface area contributed by atoms with Crippen LogP contribution in [0.5, 0.6) is 0 Å². The highest BCUT2D eigenvalue weighted by Crippen LogP contribution is 2.25. The van der Waals surface area contributed by atoms with E-state index < -0.39 is 22.9 Å². The molecule has 2 rings (SSSR count). The van der Waals surface area contributed by atoms with Gasteiger partial charge in [0.25, 0.3) is 11.6 Å². The third-order valence-corrected chi connectivity index (χ3v) is 3.94. The fourth-order valence-corrected chi connectivity index (χ4v) is 2.34. The van der Waals surface area contributed by atoms with Gasteiger partial charge in [-0.3, -0.25) is 14.9 Å². The number of nitro benzene ring substituents is 1. The summed E-state index contributed by atoms with van der Waals surface area (Å²) in [5.74, 6) is -1.26. The monoisotopic (exact) mass is 371 g/mol. The number of rotatable bonds is 7. The molecule has 0 aliphatic carbocycles. The van der Waals surface area contributed by atoms with E-state index in [1.807, 2.05) is 31.2 Å². The van der Waals surface area contributed by atoms with Crippen LogP contribution < -0.4 is 10.6 Å². The van der Waals surface area contributed by atoms with Gasteiger partial charge in [-0.1, -0.05) is 29.8 Å². The Hall–Kier alpha value is -3.42. The summed E-state index contributed by atoms with van der Waals surface area (Å²) in [6.07, 6.45) is -1.04. The van der Waals surface area contributed by atoms with E-state index >= 15 is 0 Å². The molecule has 2 aromatic rings. The summed E-state index contributed by atoms with van der Waals surface area (Å²) in [6.45, 7) is 3.72. The third kappa shape index (κ3) is 5.27. The van der Waals surface area contributed by atoms with Crippen molar-refractivity contribution in [2.45, 2.75) is 26.5 Å². The zero-order valence-electron chi connectivity index (χ0n) is 15.3. The Morgan fingerprint density at radius 2 is 1.85 bits per heavy atom. The molecule has 0 saturated heterocycles. The Morgan fingerprint density at radius 1 is 1.19 bits per heavy atom. The highest BCUT2D eigenvalue weighted by Gasteiger charge is 2.22. The smallest absolute Gasteiger partial charge is 0.339 e. The average Bonchev–Trinajstić information content (AvgIpc) is 2.66. The molecule has 0 unspecified atom stereocenters. The summed E-state index contributed by atoms with van der Waals surface area (Å²) in [5, 5.41) is 16.4. The second-order valence-electron chi connectivity index (χ2n) is 5.99. The first-order chi connectivity index (χ1) is 12.8. The molecule has 0 saturated carbocycles. The summed E-state index contributed by atoms with van der Waals surface area (Å²) < 4.78 is 5.12. The maximum Gasteiger partial charge on any atom is 0.339 e. The van der Waals surface area contributed by atoms with E-state index in [1.54, 1.807) is 7.05 Å². The highest BCUT2D eigenvalue weighted by molar-refractivity contribution is 5.93. The second-order valence-corrected chi connectivity index (χ2v) is 5.99. The van der Waals surface area contributed by atoms with Crippen LogP contribution >= 0.6 is 0 Å². The Bertz CT molecular complexity index is 849. The first-order valence-corrected chi connectivity index (χ1v) is 8.32. The van der Waals surface area contributed by atoms with Gasteiger partial charge < -0.3 is 15.4 Å². The van der Waals surface area contributed by atoms with Crippen LogP contribution in [0, 0.1) is 17.0 Å². The van der Waals surface area contributed by atoms with Crippen molar-refractivity contribution in [1.82, 2.24) is 5.32 Å². The van der Waals surface area contributed by atoms with Crippen LogP contribution in [0.3, 0.4) is 0 Å². The number of benzene rings is 2. The average molecular weight is 371 g/mol. The predicted molar refractivity (Wildman–Crippen MR) is 101 cm³/mol. The highest BCUT2D eigenvalue weighted by atomic mass is 16.6. The number of hydrogen-bond acceptors (Lipinski definition) is 6. The van der Waals surface area contributed by atoms with E-state index in [0.29, 0.717) is 6.54 Å². The molecule has 2 N–H and O–H groups in total. The molecular formula is C19H21N3O5. The lowest BCUT2D eigenvalue weighted by atomic mass is 10.1. The zero-order valence-corrected chi connectivity index (χ0v) is 15.3. The summed E-state index contributed by atoms with van der Waals surface area (Å²) in [5.41, 5.74) is 2.07. The molecule has 0 fully saturated rings. The first kappa shape index (κ1) is 19.9. The molecule has 0 radical (unpaired) electrons. The molecule has 0 aliphatic heterocycles. The van der Waals surface area contributed by atoms with Crippen LogP contribution in [-0.4, -0.2) is 30.0 Å². The standard InChI is InChI=1S/C19H21N3O5/c1-12-4-6-14(7-5-12)11-21-18(23)13(2)27-19(24)15-8-9-16(20-3)17(10-15)22(25)26/h4-10,13,20H,11H2,1-3H3,(H,21,23)/t13-/m1/s1. The number of nitrogens with one attached hydrogen (secondary N) is 2. The van der Waals surface area contributed by atoms with Crippen LogP contribution in [0.25, 0.3) is 0 Å². The molecular weight excluding hydrogens is 350 g/mol. The molecule has 0 bridgehead atoms. The van der Waals surface area contributed by atoms with E-state index in [1.165, 1.54) is 19.1 Å². The fraction of sp³-hybridized carbons (Fsp3) is 0.263. The molecule has 8 heteroatoms. The topological polar surface area (TPSA) is 111 Å². The minimum absolute atomic E-state index is 0.00103. The van der Waals surface area contributed by atoms with Gasteiger partial charge in [-0.15, -0.1) is 0 Å². The van der Waals surface area contributed by atoms with Crippen LogP contribution in [0.2, 0.25) is 0 Å². The lowest BCUT2D eigenvalue weighted by molar-refractivity contribution is -0.384. The first-order valence-electron chi connectivity index (χ1n) is 8.32. The quantitative estimate of drug-likeness (QED) is 0.440. The maximum atomic E-state index is 12.2. The Balaban J connectivity index is 1.97. The van der Waals surface area contributed by atoms with Crippen molar-refractivity contribution in [3.63, 3.8) is 0 Å². The van der Waals surface area contributed by atoms with Crippen molar-refractivity contribution in [1.29, 1.82) is 0 Å². The van der Waals surface area contributed by atoms with E-state index in [0.717, 1.165) is 17.2 Å². The SMILES string of the molecule is CNc1ccc(C(=O)O[C@H](C)C(=O)NCc2ccc(C)cc2)cc1[N+](=O)[O-]. The number of nitrogens with zero attached hydrogens (tertiary/aromatic N) is 1. The molecule has 8 nitrogen and oxygen atoms in total. The van der Waals surface area contributed by atoms with Crippen LogP contribution in [0.4, 0.5) is 11.4 Å². The second kappa shape index (κ2) is 8.79. The number of amides is 1. The van der Waals surface area contributed by atoms with Crippen molar-refractivity contribution < 1.29 is 19.2 Å². The van der Waals surface area contributed by atoms with Gasteiger partial charge in [0.05, 0.1) is 10.5 Å². The number of carbonyl (C=O) groups is 2. The molecule has 0 spiro atoms. The van der Waals surface area contributed by atoms with Gasteiger partial charge in [-0.2, -0.15) is 0 Å². The van der Waals surface area contributed by atoms with Crippen LogP contribution in [0.15, 0.2) is 42.5 Å². The Labute approximate surface area is 156 Å². The Kier molecular flexibility index (Phi) is 6.48. The van der Waals surface area contributed by atoms with Crippen LogP contribution in [0.1, 0.15) is 28.4 Å². The molecule has 1 atom stereocenters. The summed E-state index contributed by atoms with van der Waals surface area (Å²) in [4.78, 5) is 34.8. The van der Waals surface area contributed by atoms with Crippen LogP contribution in [-0.2, 0) is 16.1 Å². The summed E-state index contributed by atoms with van der Waals surface area (Å²) in [6, 6.07) is 11.6. The number of ether oxygens (including phenoxy) is 1. The molecule has 27 heavy (non-hydrogen) atoms. The molecule has 0 aliphatic rings. The number of hydrogen-bond donors (Lipinski definition) is 2. The van der Waals surface area contributed by atoms with Gasteiger partial charge in [0, 0.05) is 19.7 Å². The number of carbonyl (C=O) groups excluding carboxylic acids is 2. The molecule has 142 valence electrons. The van der Waals surface area contributed by atoms with E-state index in [4.69, 9.17) is 4.74 Å². The lowest BCUT2D eigenvalue weighted by Gasteiger charge is -2.14. The number of aryl methyl sites for hydroxylation is 1. The zero-order chi connectivity index (χ0) is 20.0.